The topological polar surface area (TPSA) is 20.2 Å². The van der Waals surface area contributed by atoms with E-state index in [1.165, 1.54) is 11.8 Å². The van der Waals surface area contributed by atoms with Crippen molar-refractivity contribution in [1.29, 1.82) is 0 Å². The number of hydrogen-bond donors (Lipinski definition) is 1. The summed E-state index contributed by atoms with van der Waals surface area (Å²) in [6, 6.07) is 5.21. The minimum absolute atomic E-state index is 0.0870. The van der Waals surface area contributed by atoms with Crippen molar-refractivity contribution in [3.8, 4) is 0 Å². The molecule has 0 saturated carbocycles. The van der Waals surface area contributed by atoms with Crippen molar-refractivity contribution in [3.63, 3.8) is 0 Å². The zero-order chi connectivity index (χ0) is 9.14. The third-order valence-corrected chi connectivity index (χ3v) is 2.63. The van der Waals surface area contributed by atoms with Gasteiger partial charge in [0, 0.05) is 15.5 Å². The summed E-state index contributed by atoms with van der Waals surface area (Å²) in [4.78, 5) is 0.898. The van der Waals surface area contributed by atoms with Crippen LogP contribution < -0.4 is 0 Å². The van der Waals surface area contributed by atoms with Crippen molar-refractivity contribution in [2.75, 3.05) is 6.26 Å². The number of thiocarbonyl (C=S) groups is 1. The molecule has 1 aromatic rings. The Bertz CT molecular complexity index is 312. The molecule has 0 bridgehead atoms. The van der Waals surface area contributed by atoms with E-state index in [1.54, 1.807) is 18.2 Å². The van der Waals surface area contributed by atoms with Gasteiger partial charge >= 0.3 is 0 Å². The average Bonchev–Trinajstić information content (AvgIpc) is 2.03. The number of hydrogen-bond acceptors (Lipinski definition) is 2. The monoisotopic (exact) mass is 218 g/mol. The molecule has 0 heterocycles. The number of benzene rings is 1. The van der Waals surface area contributed by atoms with Gasteiger partial charge in [0.15, 0.2) is 5.05 Å². The highest BCUT2D eigenvalue weighted by Gasteiger charge is 2.05. The van der Waals surface area contributed by atoms with Gasteiger partial charge in [0.05, 0.1) is 0 Å². The Morgan fingerprint density at radius 2 is 2.25 bits per heavy atom. The summed E-state index contributed by atoms with van der Waals surface area (Å²) in [5, 5.41) is 9.67. The fraction of sp³-hybridized carbons (Fsp3) is 0.125. The highest BCUT2D eigenvalue weighted by molar-refractivity contribution is 7.98. The van der Waals surface area contributed by atoms with Crippen LogP contribution in [0.3, 0.4) is 0 Å². The molecule has 12 heavy (non-hydrogen) atoms. The molecule has 0 aromatic heterocycles. The highest BCUT2D eigenvalue weighted by Crippen LogP contribution is 2.24. The molecular weight excluding hydrogens is 212 g/mol. The van der Waals surface area contributed by atoms with Crippen LogP contribution in [0.1, 0.15) is 5.56 Å². The normalized spacial score (nSPS) is 9.83. The minimum atomic E-state index is -0.0870. The van der Waals surface area contributed by atoms with E-state index in [-0.39, 0.29) is 5.05 Å². The first-order valence-electron chi connectivity index (χ1n) is 3.22. The standard InChI is InChI=1S/C8H7ClOS2/c1-12-7-4-5(9)2-3-6(7)8(10)11/h2-4H,1H3,(H,10,11). The number of aliphatic hydroxyl groups is 1. The Kier molecular flexibility index (Phi) is 3.38. The molecule has 4 heteroatoms. The van der Waals surface area contributed by atoms with Crippen LogP contribution in [-0.4, -0.2) is 16.4 Å². The van der Waals surface area contributed by atoms with E-state index in [1.807, 2.05) is 6.26 Å². The Morgan fingerprint density at radius 3 is 2.75 bits per heavy atom. The Morgan fingerprint density at radius 1 is 1.58 bits per heavy atom. The van der Waals surface area contributed by atoms with Gasteiger partial charge in [0.25, 0.3) is 0 Å². The first-order valence-corrected chi connectivity index (χ1v) is 5.23. The van der Waals surface area contributed by atoms with E-state index < -0.39 is 0 Å². The Labute approximate surface area is 85.7 Å². The van der Waals surface area contributed by atoms with Gasteiger partial charge in [0.1, 0.15) is 0 Å². The van der Waals surface area contributed by atoms with Gasteiger partial charge in [0.2, 0.25) is 0 Å². The fourth-order valence-electron chi connectivity index (χ4n) is 0.842. The first kappa shape index (κ1) is 9.84. The number of aliphatic hydroxyl groups excluding tert-OH is 1. The minimum Gasteiger partial charge on any atom is -0.498 e. The molecule has 0 amide bonds. The Hall–Kier alpha value is -0.250. The van der Waals surface area contributed by atoms with Crippen molar-refractivity contribution in [2.24, 2.45) is 0 Å². The molecule has 0 atom stereocenters. The maximum Gasteiger partial charge on any atom is 0.189 e. The van der Waals surface area contributed by atoms with Gasteiger partial charge in [-0.3, -0.25) is 0 Å². The maximum atomic E-state index is 9.10. The summed E-state index contributed by atoms with van der Waals surface area (Å²) < 4.78 is 0. The predicted octanol–water partition coefficient (Wildman–Crippen LogP) is 3.30. The molecule has 0 radical (unpaired) electrons. The molecular formula is C8H7ClOS2. The fourth-order valence-corrected chi connectivity index (χ4v) is 1.95. The molecule has 0 unspecified atom stereocenters. The molecule has 0 fully saturated rings. The Balaban J connectivity index is 3.20. The van der Waals surface area contributed by atoms with Crippen molar-refractivity contribution < 1.29 is 5.11 Å². The number of thioether (sulfide) groups is 1. The third kappa shape index (κ3) is 2.12. The van der Waals surface area contributed by atoms with E-state index in [0.29, 0.717) is 10.6 Å². The number of halogens is 1. The van der Waals surface area contributed by atoms with Crippen LogP contribution in [0.5, 0.6) is 0 Å². The lowest BCUT2D eigenvalue weighted by molar-refractivity contribution is 0.569. The summed E-state index contributed by atoms with van der Waals surface area (Å²) in [5.41, 5.74) is 0.668. The molecule has 64 valence electrons. The molecule has 0 spiro atoms. The van der Waals surface area contributed by atoms with Crippen molar-refractivity contribution in [1.82, 2.24) is 0 Å². The number of rotatable bonds is 2. The zero-order valence-corrected chi connectivity index (χ0v) is 8.76. The van der Waals surface area contributed by atoms with Crippen molar-refractivity contribution in [3.05, 3.63) is 28.8 Å². The maximum absolute atomic E-state index is 9.10. The lowest BCUT2D eigenvalue weighted by Gasteiger charge is -2.03. The van der Waals surface area contributed by atoms with Crippen LogP contribution in [0.2, 0.25) is 5.02 Å². The average molecular weight is 219 g/mol. The van der Waals surface area contributed by atoms with Crippen LogP contribution in [-0.2, 0) is 0 Å². The zero-order valence-electron chi connectivity index (χ0n) is 6.37. The molecule has 0 saturated heterocycles. The van der Waals surface area contributed by atoms with Crippen LogP contribution in [0.15, 0.2) is 23.1 Å². The second-order valence-electron chi connectivity index (χ2n) is 2.15. The third-order valence-electron chi connectivity index (χ3n) is 1.39. The summed E-state index contributed by atoms with van der Waals surface area (Å²) >= 11 is 11.9. The van der Waals surface area contributed by atoms with Gasteiger partial charge in [-0.05, 0) is 36.7 Å². The van der Waals surface area contributed by atoms with E-state index in [4.69, 9.17) is 16.7 Å². The second kappa shape index (κ2) is 4.12. The van der Waals surface area contributed by atoms with Crippen LogP contribution >= 0.6 is 35.6 Å². The van der Waals surface area contributed by atoms with E-state index in [0.717, 1.165) is 4.90 Å². The van der Waals surface area contributed by atoms with Gasteiger partial charge in [-0.15, -0.1) is 11.8 Å². The molecule has 1 N–H and O–H groups in total. The lowest BCUT2D eigenvalue weighted by atomic mass is 10.2. The van der Waals surface area contributed by atoms with Gasteiger partial charge in [-0.25, -0.2) is 0 Å². The first-order chi connectivity index (χ1) is 5.65. The lowest BCUT2D eigenvalue weighted by Crippen LogP contribution is -1.96. The molecule has 0 aliphatic carbocycles. The quantitative estimate of drug-likeness (QED) is 0.608. The molecule has 0 aliphatic heterocycles. The van der Waals surface area contributed by atoms with E-state index in [2.05, 4.69) is 12.2 Å². The van der Waals surface area contributed by atoms with Crippen LogP contribution in [0.25, 0.3) is 0 Å². The van der Waals surface area contributed by atoms with E-state index in [9.17, 15) is 0 Å². The molecule has 0 aliphatic rings. The van der Waals surface area contributed by atoms with E-state index >= 15 is 0 Å². The van der Waals surface area contributed by atoms with Crippen LogP contribution in [0.4, 0.5) is 0 Å². The summed E-state index contributed by atoms with van der Waals surface area (Å²) in [6.45, 7) is 0. The molecule has 1 rings (SSSR count). The van der Waals surface area contributed by atoms with Gasteiger partial charge < -0.3 is 5.11 Å². The largest absolute Gasteiger partial charge is 0.498 e. The summed E-state index contributed by atoms with van der Waals surface area (Å²) in [6.07, 6.45) is 1.91. The van der Waals surface area contributed by atoms with Gasteiger partial charge in [-0.2, -0.15) is 0 Å². The van der Waals surface area contributed by atoms with Crippen molar-refractivity contribution >= 4 is 40.6 Å². The van der Waals surface area contributed by atoms with Crippen LogP contribution in [0, 0.1) is 0 Å². The highest BCUT2D eigenvalue weighted by atomic mass is 35.5. The second-order valence-corrected chi connectivity index (χ2v) is 3.82. The smallest absolute Gasteiger partial charge is 0.189 e. The summed E-state index contributed by atoms with van der Waals surface area (Å²) in [5.74, 6) is 0. The summed E-state index contributed by atoms with van der Waals surface area (Å²) in [7, 11) is 0. The predicted molar refractivity (Wildman–Crippen MR) is 57.6 cm³/mol. The van der Waals surface area contributed by atoms with Crippen molar-refractivity contribution in [2.45, 2.75) is 4.90 Å². The molecule has 1 nitrogen and oxygen atoms in total. The SMILES string of the molecule is CSc1cc(Cl)ccc1C(O)=S. The molecule has 1 aromatic carbocycles. The van der Waals surface area contributed by atoms with Gasteiger partial charge in [-0.1, -0.05) is 11.6 Å².